The monoisotopic (exact) mass is 428 g/mol. The molecule has 0 radical (unpaired) electrons. The molecule has 136 valence electrons. The largest absolute Gasteiger partial charge is 0.454 e. The number of rotatable bonds is 4. The summed E-state index contributed by atoms with van der Waals surface area (Å²) < 4.78 is 16.2. The van der Waals surface area contributed by atoms with Crippen LogP contribution in [0.1, 0.15) is 20.9 Å². The van der Waals surface area contributed by atoms with Crippen LogP contribution in [-0.2, 0) is 0 Å². The molecule has 0 unspecified atom stereocenters. The molecule has 1 aliphatic heterocycles. The lowest BCUT2D eigenvalue weighted by Crippen LogP contribution is -2.13. The highest BCUT2D eigenvalue weighted by molar-refractivity contribution is 9.10. The third kappa shape index (κ3) is 3.80. The summed E-state index contributed by atoms with van der Waals surface area (Å²) in [5.41, 5.74) is 1.50. The Morgan fingerprint density at radius 1 is 0.852 bits per heavy atom. The Bertz CT molecular complexity index is 1030. The first kappa shape index (κ1) is 17.2. The highest BCUT2D eigenvalue weighted by atomic mass is 79.9. The van der Waals surface area contributed by atoms with E-state index < -0.39 is 0 Å². The lowest BCUT2D eigenvalue weighted by atomic mass is 10.2. The predicted octanol–water partition coefficient (Wildman–Crippen LogP) is 4.28. The fourth-order valence-corrected chi connectivity index (χ4v) is 2.85. The van der Waals surface area contributed by atoms with Crippen molar-refractivity contribution >= 4 is 39.1 Å². The quantitative estimate of drug-likeness (QED) is 0.647. The van der Waals surface area contributed by atoms with E-state index in [-0.39, 0.29) is 24.4 Å². The lowest BCUT2D eigenvalue weighted by molar-refractivity contribution is 0.0994. The third-order valence-electron chi connectivity index (χ3n) is 3.81. The van der Waals surface area contributed by atoms with Crippen LogP contribution in [0.5, 0.6) is 11.5 Å². The molecule has 0 saturated heterocycles. The van der Waals surface area contributed by atoms with Crippen molar-refractivity contribution in [2.24, 2.45) is 0 Å². The zero-order valence-corrected chi connectivity index (χ0v) is 15.4. The van der Waals surface area contributed by atoms with Crippen LogP contribution in [0.3, 0.4) is 0 Å². The Labute approximate surface area is 162 Å². The Balaban J connectivity index is 1.46. The first-order valence-electron chi connectivity index (χ1n) is 7.96. The van der Waals surface area contributed by atoms with Gasteiger partial charge in [0.2, 0.25) is 6.79 Å². The molecule has 0 saturated carbocycles. The fraction of sp³-hybridized carbons (Fsp3) is 0.0526. The molecule has 0 aliphatic carbocycles. The van der Waals surface area contributed by atoms with Crippen molar-refractivity contribution in [1.29, 1.82) is 0 Å². The van der Waals surface area contributed by atoms with Crippen molar-refractivity contribution in [2.75, 3.05) is 17.4 Å². The Morgan fingerprint density at radius 3 is 2.33 bits per heavy atom. The van der Waals surface area contributed by atoms with E-state index in [9.17, 15) is 9.59 Å². The fourth-order valence-electron chi connectivity index (χ4n) is 2.54. The molecule has 0 fully saturated rings. The summed E-state index contributed by atoms with van der Waals surface area (Å²) >= 11 is 3.15. The van der Waals surface area contributed by atoms with Crippen molar-refractivity contribution in [1.82, 2.24) is 0 Å². The van der Waals surface area contributed by atoms with Crippen LogP contribution < -0.4 is 20.1 Å². The van der Waals surface area contributed by atoms with Crippen LogP contribution in [0, 0.1) is 0 Å². The molecule has 1 aromatic heterocycles. The summed E-state index contributed by atoms with van der Waals surface area (Å²) in [6, 6.07) is 15.0. The number of carbonyl (C=O) groups is 2. The molecule has 0 atom stereocenters. The van der Waals surface area contributed by atoms with Gasteiger partial charge >= 0.3 is 0 Å². The molecule has 2 N–H and O–H groups in total. The Morgan fingerprint density at radius 2 is 1.59 bits per heavy atom. The predicted molar refractivity (Wildman–Crippen MR) is 101 cm³/mol. The second kappa shape index (κ2) is 7.16. The summed E-state index contributed by atoms with van der Waals surface area (Å²) in [6.07, 6.45) is 0. The maximum Gasteiger partial charge on any atom is 0.291 e. The van der Waals surface area contributed by atoms with Gasteiger partial charge < -0.3 is 24.5 Å². The lowest BCUT2D eigenvalue weighted by Gasteiger charge is -2.09. The number of halogens is 1. The van der Waals surface area contributed by atoms with E-state index in [2.05, 4.69) is 26.6 Å². The van der Waals surface area contributed by atoms with Gasteiger partial charge in [-0.2, -0.15) is 0 Å². The van der Waals surface area contributed by atoms with Gasteiger partial charge in [0, 0.05) is 16.9 Å². The molecule has 2 aromatic carbocycles. The number of carbonyl (C=O) groups excluding carboxylic acids is 2. The van der Waals surface area contributed by atoms with Crippen LogP contribution >= 0.6 is 15.9 Å². The second-order valence-corrected chi connectivity index (χ2v) is 6.44. The molecule has 3 aromatic rings. The average molecular weight is 429 g/mol. The summed E-state index contributed by atoms with van der Waals surface area (Å²) in [7, 11) is 0. The summed E-state index contributed by atoms with van der Waals surface area (Å²) in [5.74, 6) is 0.637. The van der Waals surface area contributed by atoms with Gasteiger partial charge in [-0.05, 0) is 64.5 Å². The van der Waals surface area contributed by atoms with Crippen LogP contribution in [0.4, 0.5) is 11.4 Å². The zero-order chi connectivity index (χ0) is 18.8. The first-order chi connectivity index (χ1) is 13.1. The minimum Gasteiger partial charge on any atom is -0.454 e. The zero-order valence-electron chi connectivity index (χ0n) is 13.8. The standard InChI is InChI=1S/C19H13BrN2O5/c20-17-7-6-15(27-17)19(24)22-13-3-1-2-12(9-13)21-18(23)11-4-5-14-16(8-11)26-10-25-14/h1-9H,10H2,(H,21,23)(H,22,24). The second-order valence-electron chi connectivity index (χ2n) is 5.66. The number of benzene rings is 2. The highest BCUT2D eigenvalue weighted by Crippen LogP contribution is 2.32. The van der Waals surface area contributed by atoms with Crippen molar-refractivity contribution in [3.63, 3.8) is 0 Å². The number of hydrogen-bond acceptors (Lipinski definition) is 5. The summed E-state index contributed by atoms with van der Waals surface area (Å²) in [5, 5.41) is 5.51. The molecule has 2 heterocycles. The SMILES string of the molecule is O=C(Nc1cccc(NC(=O)c2ccc(Br)o2)c1)c1ccc2c(c1)OCO2. The summed E-state index contributed by atoms with van der Waals surface area (Å²) in [4.78, 5) is 24.6. The smallest absolute Gasteiger partial charge is 0.291 e. The molecule has 4 rings (SSSR count). The highest BCUT2D eigenvalue weighted by Gasteiger charge is 2.16. The average Bonchev–Trinajstić information content (AvgIpc) is 3.30. The van der Waals surface area contributed by atoms with Gasteiger partial charge in [0.15, 0.2) is 21.9 Å². The number of hydrogen-bond donors (Lipinski definition) is 2. The van der Waals surface area contributed by atoms with E-state index in [0.29, 0.717) is 33.1 Å². The molecule has 1 aliphatic rings. The van der Waals surface area contributed by atoms with Crippen LogP contribution in [0.15, 0.2) is 63.7 Å². The van der Waals surface area contributed by atoms with Gasteiger partial charge in [0.25, 0.3) is 11.8 Å². The van der Waals surface area contributed by atoms with E-state index in [4.69, 9.17) is 13.9 Å². The maximum absolute atomic E-state index is 12.5. The van der Waals surface area contributed by atoms with E-state index in [1.54, 1.807) is 54.6 Å². The molecule has 7 nitrogen and oxygen atoms in total. The van der Waals surface area contributed by atoms with Gasteiger partial charge in [-0.15, -0.1) is 0 Å². The van der Waals surface area contributed by atoms with Gasteiger partial charge in [-0.25, -0.2) is 0 Å². The number of anilines is 2. The third-order valence-corrected chi connectivity index (χ3v) is 4.24. The number of furan rings is 1. The molecular formula is C19H13BrN2O5. The van der Waals surface area contributed by atoms with Gasteiger partial charge in [0.05, 0.1) is 0 Å². The summed E-state index contributed by atoms with van der Waals surface area (Å²) in [6.45, 7) is 0.147. The van der Waals surface area contributed by atoms with Crippen LogP contribution in [0.2, 0.25) is 0 Å². The van der Waals surface area contributed by atoms with Crippen molar-refractivity contribution in [2.45, 2.75) is 0 Å². The van der Waals surface area contributed by atoms with E-state index in [1.165, 1.54) is 0 Å². The number of nitrogens with one attached hydrogen (secondary N) is 2. The van der Waals surface area contributed by atoms with Crippen molar-refractivity contribution in [3.05, 3.63) is 70.6 Å². The maximum atomic E-state index is 12.5. The van der Waals surface area contributed by atoms with Crippen LogP contribution in [-0.4, -0.2) is 18.6 Å². The molecule has 0 spiro atoms. The number of fused-ring (bicyclic) bond motifs is 1. The molecule has 8 heteroatoms. The topological polar surface area (TPSA) is 89.8 Å². The van der Waals surface area contributed by atoms with Crippen LogP contribution in [0.25, 0.3) is 0 Å². The normalized spacial score (nSPS) is 11.9. The molecular weight excluding hydrogens is 416 g/mol. The molecule has 27 heavy (non-hydrogen) atoms. The van der Waals surface area contributed by atoms with E-state index in [1.807, 2.05) is 0 Å². The number of amides is 2. The molecule has 2 amide bonds. The minimum atomic E-state index is -0.389. The van der Waals surface area contributed by atoms with Crippen molar-refractivity contribution < 1.29 is 23.5 Å². The van der Waals surface area contributed by atoms with E-state index >= 15 is 0 Å². The Hall–Kier alpha value is -3.26. The van der Waals surface area contributed by atoms with Gasteiger partial charge in [0.1, 0.15) is 0 Å². The van der Waals surface area contributed by atoms with Gasteiger partial charge in [-0.1, -0.05) is 6.07 Å². The van der Waals surface area contributed by atoms with Crippen molar-refractivity contribution in [3.8, 4) is 11.5 Å². The first-order valence-corrected chi connectivity index (χ1v) is 8.75. The number of ether oxygens (including phenoxy) is 2. The van der Waals surface area contributed by atoms with Gasteiger partial charge in [-0.3, -0.25) is 9.59 Å². The minimum absolute atomic E-state index is 0.147. The Kier molecular flexibility index (Phi) is 4.55. The van der Waals surface area contributed by atoms with E-state index in [0.717, 1.165) is 0 Å². The molecule has 0 bridgehead atoms.